The smallest absolute Gasteiger partial charge is 0.0692 e. The van der Waals surface area contributed by atoms with Crippen molar-refractivity contribution in [1.29, 1.82) is 0 Å². The maximum atomic E-state index is 9.94. The van der Waals surface area contributed by atoms with Crippen molar-refractivity contribution in [3.05, 3.63) is 0 Å². The lowest BCUT2D eigenvalue weighted by molar-refractivity contribution is -0.0726. The minimum Gasteiger partial charge on any atom is -0.392 e. The second-order valence-electron chi connectivity index (χ2n) is 4.62. The first-order valence-corrected chi connectivity index (χ1v) is 4.31. The number of nitrogens with two attached hydrogens (primary N) is 1. The lowest BCUT2D eigenvalue weighted by Gasteiger charge is -2.38. The molecule has 0 radical (unpaired) electrons. The summed E-state index contributed by atoms with van der Waals surface area (Å²) < 4.78 is 0. The van der Waals surface area contributed by atoms with E-state index in [1.54, 1.807) is 6.92 Å². The summed E-state index contributed by atoms with van der Waals surface area (Å²) in [7, 11) is 0. The first kappa shape index (κ1) is 11.9. The molecule has 0 spiro atoms. The van der Waals surface area contributed by atoms with Gasteiger partial charge in [-0.05, 0) is 12.3 Å². The monoisotopic (exact) mass is 175 g/mol. The highest BCUT2D eigenvalue weighted by molar-refractivity contribution is 4.88. The molecule has 0 aromatic carbocycles. The Labute approximate surface area is 74.6 Å². The van der Waals surface area contributed by atoms with Crippen LogP contribution in [0.1, 0.15) is 34.1 Å². The summed E-state index contributed by atoms with van der Waals surface area (Å²) >= 11 is 0. The fraction of sp³-hybridized carbons (Fsp3) is 1.00. The van der Waals surface area contributed by atoms with Crippen LogP contribution in [0.3, 0.4) is 0 Å². The van der Waals surface area contributed by atoms with E-state index >= 15 is 0 Å². The lowest BCUT2D eigenvalue weighted by Crippen LogP contribution is -2.44. The van der Waals surface area contributed by atoms with Crippen molar-refractivity contribution in [2.24, 2.45) is 11.1 Å². The third-order valence-corrected chi connectivity index (χ3v) is 2.52. The Kier molecular flexibility index (Phi) is 3.69. The Morgan fingerprint density at radius 2 is 1.67 bits per heavy atom. The maximum absolute atomic E-state index is 9.94. The van der Waals surface area contributed by atoms with Crippen molar-refractivity contribution >= 4 is 0 Å². The minimum absolute atomic E-state index is 0.201. The van der Waals surface area contributed by atoms with Crippen LogP contribution in [0.4, 0.5) is 0 Å². The molecule has 0 bridgehead atoms. The van der Waals surface area contributed by atoms with Crippen LogP contribution < -0.4 is 5.73 Å². The number of rotatable bonds is 3. The Hall–Kier alpha value is -0.120. The average molecular weight is 175 g/mol. The molecule has 12 heavy (non-hydrogen) atoms. The molecule has 0 rings (SSSR count). The van der Waals surface area contributed by atoms with Gasteiger partial charge >= 0.3 is 0 Å². The van der Waals surface area contributed by atoms with Crippen molar-refractivity contribution < 1.29 is 10.2 Å². The fourth-order valence-corrected chi connectivity index (χ4v) is 0.848. The molecule has 0 heterocycles. The van der Waals surface area contributed by atoms with Gasteiger partial charge in [0.25, 0.3) is 0 Å². The van der Waals surface area contributed by atoms with Crippen molar-refractivity contribution in [2.75, 3.05) is 6.54 Å². The van der Waals surface area contributed by atoms with Gasteiger partial charge in [-0.3, -0.25) is 0 Å². The SMILES string of the molecule is CC(C)(C)[C@](C)(O)C[C@H](O)CN. The predicted octanol–water partition coefficient (Wildman–Crippen LogP) is 0.493. The second kappa shape index (κ2) is 3.73. The zero-order valence-electron chi connectivity index (χ0n) is 8.46. The molecule has 0 amide bonds. The second-order valence-corrected chi connectivity index (χ2v) is 4.62. The van der Waals surface area contributed by atoms with Gasteiger partial charge in [-0.25, -0.2) is 0 Å². The van der Waals surface area contributed by atoms with Gasteiger partial charge in [0.05, 0.1) is 11.7 Å². The van der Waals surface area contributed by atoms with Crippen LogP contribution in [0.25, 0.3) is 0 Å². The summed E-state index contributed by atoms with van der Waals surface area (Å²) in [6.07, 6.45) is -0.285. The molecule has 0 aromatic heterocycles. The quantitative estimate of drug-likeness (QED) is 0.585. The van der Waals surface area contributed by atoms with E-state index < -0.39 is 11.7 Å². The van der Waals surface area contributed by atoms with E-state index in [4.69, 9.17) is 5.73 Å². The van der Waals surface area contributed by atoms with Gasteiger partial charge in [-0.1, -0.05) is 20.8 Å². The Balaban J connectivity index is 4.22. The van der Waals surface area contributed by atoms with Gasteiger partial charge in [0.1, 0.15) is 0 Å². The van der Waals surface area contributed by atoms with Gasteiger partial charge in [0.15, 0.2) is 0 Å². The molecule has 0 fully saturated rings. The van der Waals surface area contributed by atoms with Crippen LogP contribution in [0, 0.1) is 5.41 Å². The van der Waals surface area contributed by atoms with E-state index in [-0.39, 0.29) is 12.0 Å². The molecule has 3 heteroatoms. The summed E-state index contributed by atoms with van der Waals surface area (Å²) in [6.45, 7) is 7.75. The number of aliphatic hydroxyl groups excluding tert-OH is 1. The van der Waals surface area contributed by atoms with Gasteiger partial charge in [-0.2, -0.15) is 0 Å². The van der Waals surface area contributed by atoms with Gasteiger partial charge in [0.2, 0.25) is 0 Å². The first-order valence-electron chi connectivity index (χ1n) is 4.31. The third-order valence-electron chi connectivity index (χ3n) is 2.52. The van der Waals surface area contributed by atoms with Crippen LogP contribution in [0.5, 0.6) is 0 Å². The first-order chi connectivity index (χ1) is 5.20. The fourth-order valence-electron chi connectivity index (χ4n) is 0.848. The highest BCUT2D eigenvalue weighted by Gasteiger charge is 2.36. The molecule has 0 aliphatic rings. The predicted molar refractivity (Wildman–Crippen MR) is 49.8 cm³/mol. The molecule has 4 N–H and O–H groups in total. The maximum Gasteiger partial charge on any atom is 0.0692 e. The number of hydrogen-bond donors (Lipinski definition) is 3. The summed E-state index contributed by atoms with van der Waals surface area (Å²) in [5, 5.41) is 19.2. The highest BCUT2D eigenvalue weighted by Crippen LogP contribution is 2.33. The summed E-state index contributed by atoms with van der Waals surface area (Å²) in [5.74, 6) is 0. The van der Waals surface area contributed by atoms with E-state index in [1.807, 2.05) is 20.8 Å². The van der Waals surface area contributed by atoms with Gasteiger partial charge in [0, 0.05) is 13.0 Å². The highest BCUT2D eigenvalue weighted by atomic mass is 16.3. The Morgan fingerprint density at radius 3 is 1.92 bits per heavy atom. The standard InChI is InChI=1S/C9H21NO2/c1-8(2,3)9(4,12)5-7(11)6-10/h7,11-12H,5-6,10H2,1-4H3/t7-,9+/m0/s1. The Morgan fingerprint density at radius 1 is 1.25 bits per heavy atom. The third kappa shape index (κ3) is 3.09. The van der Waals surface area contributed by atoms with E-state index in [2.05, 4.69) is 0 Å². The van der Waals surface area contributed by atoms with Crippen molar-refractivity contribution in [1.82, 2.24) is 0 Å². The lowest BCUT2D eigenvalue weighted by atomic mass is 9.75. The average Bonchev–Trinajstić information content (AvgIpc) is 1.84. The molecule has 3 nitrogen and oxygen atoms in total. The molecule has 0 saturated heterocycles. The van der Waals surface area contributed by atoms with E-state index in [1.165, 1.54) is 0 Å². The van der Waals surface area contributed by atoms with E-state index in [9.17, 15) is 10.2 Å². The number of aliphatic hydroxyl groups is 2. The number of hydrogen-bond acceptors (Lipinski definition) is 3. The van der Waals surface area contributed by atoms with Crippen LogP contribution in [-0.2, 0) is 0 Å². The van der Waals surface area contributed by atoms with Crippen LogP contribution in [-0.4, -0.2) is 28.5 Å². The molecule has 74 valence electrons. The summed E-state index contributed by atoms with van der Waals surface area (Å²) in [5.41, 5.74) is 4.16. The summed E-state index contributed by atoms with van der Waals surface area (Å²) in [4.78, 5) is 0. The van der Waals surface area contributed by atoms with Crippen molar-refractivity contribution in [3.63, 3.8) is 0 Å². The normalized spacial score (nSPS) is 20.2. The van der Waals surface area contributed by atoms with Crippen LogP contribution >= 0.6 is 0 Å². The van der Waals surface area contributed by atoms with Gasteiger partial charge in [-0.15, -0.1) is 0 Å². The molecule has 0 unspecified atom stereocenters. The molecule has 0 aliphatic heterocycles. The molecule has 0 saturated carbocycles. The zero-order chi connectivity index (χ0) is 9.99. The van der Waals surface area contributed by atoms with Crippen LogP contribution in [0.15, 0.2) is 0 Å². The molecule has 0 aromatic rings. The Bertz CT molecular complexity index is 138. The topological polar surface area (TPSA) is 66.5 Å². The molecular weight excluding hydrogens is 154 g/mol. The molecule has 0 aliphatic carbocycles. The summed E-state index contributed by atoms with van der Waals surface area (Å²) in [6, 6.07) is 0. The molecule has 2 atom stereocenters. The largest absolute Gasteiger partial charge is 0.392 e. The van der Waals surface area contributed by atoms with Crippen molar-refractivity contribution in [2.45, 2.75) is 45.8 Å². The van der Waals surface area contributed by atoms with Gasteiger partial charge < -0.3 is 15.9 Å². The van der Waals surface area contributed by atoms with E-state index in [0.29, 0.717) is 6.42 Å². The zero-order valence-corrected chi connectivity index (χ0v) is 8.46. The van der Waals surface area contributed by atoms with Crippen LogP contribution in [0.2, 0.25) is 0 Å². The molecular formula is C9H21NO2. The van der Waals surface area contributed by atoms with Crippen molar-refractivity contribution in [3.8, 4) is 0 Å². The van der Waals surface area contributed by atoms with E-state index in [0.717, 1.165) is 0 Å². The minimum atomic E-state index is -0.869.